The van der Waals surface area contributed by atoms with Gasteiger partial charge in [-0.3, -0.25) is 4.31 Å². The molecule has 0 N–H and O–H groups in total. The number of hydrogen-bond acceptors (Lipinski definition) is 3. The van der Waals surface area contributed by atoms with Crippen molar-refractivity contribution in [3.8, 4) is 0 Å². The summed E-state index contributed by atoms with van der Waals surface area (Å²) in [6.45, 7) is 3.15. The van der Waals surface area contributed by atoms with Crippen LogP contribution in [-0.4, -0.2) is 29.6 Å². The Morgan fingerprint density at radius 1 is 1.18 bits per heavy atom. The number of ether oxygens (including phenoxy) is 1. The second-order valence-corrected chi connectivity index (χ2v) is 4.15. The molecule has 2 aliphatic rings. The van der Waals surface area contributed by atoms with Gasteiger partial charge in [0.1, 0.15) is 0 Å². The number of thiol groups is 1. The van der Waals surface area contributed by atoms with Crippen LogP contribution in [0.4, 0.5) is 0 Å². The summed E-state index contributed by atoms with van der Waals surface area (Å²) in [4.78, 5) is 0. The standard InChI is InChI=1S/C8H15NOS/c11-9-5-3-8(4-6-9)2-1-7-10-8/h11H,1-7H2. The highest BCUT2D eigenvalue weighted by Gasteiger charge is 2.37. The predicted octanol–water partition coefficient (Wildman–Crippen LogP) is 1.48. The molecule has 2 nitrogen and oxygen atoms in total. The molecule has 0 unspecified atom stereocenters. The highest BCUT2D eigenvalue weighted by molar-refractivity contribution is 7.77. The molecule has 2 fully saturated rings. The maximum atomic E-state index is 5.77. The molecule has 0 aromatic rings. The van der Waals surface area contributed by atoms with Crippen molar-refractivity contribution in [2.24, 2.45) is 0 Å². The molecule has 2 saturated heterocycles. The van der Waals surface area contributed by atoms with Crippen LogP contribution in [0, 0.1) is 0 Å². The van der Waals surface area contributed by atoms with Crippen molar-refractivity contribution < 1.29 is 4.74 Å². The second-order valence-electron chi connectivity index (χ2n) is 3.59. The Morgan fingerprint density at radius 2 is 1.91 bits per heavy atom. The van der Waals surface area contributed by atoms with E-state index in [1.54, 1.807) is 0 Å². The molecular weight excluding hydrogens is 158 g/mol. The molecule has 0 aliphatic carbocycles. The van der Waals surface area contributed by atoms with Crippen LogP contribution in [0.5, 0.6) is 0 Å². The topological polar surface area (TPSA) is 12.5 Å². The molecule has 0 radical (unpaired) electrons. The van der Waals surface area contributed by atoms with Crippen molar-refractivity contribution >= 4 is 12.8 Å². The van der Waals surface area contributed by atoms with E-state index >= 15 is 0 Å². The Morgan fingerprint density at radius 3 is 2.45 bits per heavy atom. The Labute approximate surface area is 73.4 Å². The fourth-order valence-corrected chi connectivity index (χ4v) is 2.25. The third-order valence-electron chi connectivity index (χ3n) is 2.84. The van der Waals surface area contributed by atoms with Gasteiger partial charge in [-0.05, 0) is 25.7 Å². The quantitative estimate of drug-likeness (QED) is 0.557. The molecule has 1 spiro atoms. The van der Waals surface area contributed by atoms with Gasteiger partial charge in [-0.2, -0.15) is 0 Å². The molecule has 3 heteroatoms. The Kier molecular flexibility index (Phi) is 2.12. The lowest BCUT2D eigenvalue weighted by Gasteiger charge is -2.36. The summed E-state index contributed by atoms with van der Waals surface area (Å²) < 4.78 is 7.86. The zero-order valence-corrected chi connectivity index (χ0v) is 7.65. The van der Waals surface area contributed by atoms with E-state index in [1.807, 2.05) is 0 Å². The average molecular weight is 173 g/mol. The van der Waals surface area contributed by atoms with Gasteiger partial charge in [0.25, 0.3) is 0 Å². The van der Waals surface area contributed by atoms with Crippen LogP contribution in [0.2, 0.25) is 0 Å². The van der Waals surface area contributed by atoms with Gasteiger partial charge in [0.15, 0.2) is 0 Å². The molecule has 64 valence electrons. The minimum absolute atomic E-state index is 0.263. The maximum absolute atomic E-state index is 5.77. The van der Waals surface area contributed by atoms with Crippen LogP contribution in [0.1, 0.15) is 25.7 Å². The Balaban J connectivity index is 1.94. The van der Waals surface area contributed by atoms with Crippen molar-refractivity contribution in [3.63, 3.8) is 0 Å². The summed E-state index contributed by atoms with van der Waals surface area (Å²) in [5.74, 6) is 0. The van der Waals surface area contributed by atoms with Crippen LogP contribution in [0.3, 0.4) is 0 Å². The first-order chi connectivity index (χ1) is 5.31. The van der Waals surface area contributed by atoms with Crippen LogP contribution in [0.25, 0.3) is 0 Å². The molecule has 2 heterocycles. The van der Waals surface area contributed by atoms with E-state index in [0.717, 1.165) is 19.7 Å². The van der Waals surface area contributed by atoms with E-state index < -0.39 is 0 Å². The molecule has 2 rings (SSSR count). The SMILES string of the molecule is SN1CCC2(CCCO2)CC1. The number of hydrogen-bond donors (Lipinski definition) is 1. The fourth-order valence-electron chi connectivity index (χ4n) is 2.05. The Bertz CT molecular complexity index is 135. The first-order valence-corrected chi connectivity index (χ1v) is 4.79. The number of piperidine rings is 1. The first-order valence-electron chi connectivity index (χ1n) is 4.39. The zero-order chi connectivity index (χ0) is 7.73. The monoisotopic (exact) mass is 173 g/mol. The van der Waals surface area contributed by atoms with Gasteiger partial charge in [-0.15, -0.1) is 0 Å². The molecule has 0 saturated carbocycles. The highest BCUT2D eigenvalue weighted by atomic mass is 32.1. The van der Waals surface area contributed by atoms with Gasteiger partial charge in [0.2, 0.25) is 0 Å². The van der Waals surface area contributed by atoms with E-state index in [1.165, 1.54) is 25.7 Å². The van der Waals surface area contributed by atoms with E-state index in [0.29, 0.717) is 0 Å². The summed E-state index contributed by atoms with van der Waals surface area (Å²) in [7, 11) is 0. The van der Waals surface area contributed by atoms with Gasteiger partial charge in [0, 0.05) is 19.7 Å². The second kappa shape index (κ2) is 2.96. The lowest BCUT2D eigenvalue weighted by molar-refractivity contribution is -0.0294. The minimum atomic E-state index is 0.263. The molecular formula is C8H15NOS. The van der Waals surface area contributed by atoms with Gasteiger partial charge < -0.3 is 4.74 Å². The lowest BCUT2D eigenvalue weighted by atomic mass is 9.90. The molecule has 2 aliphatic heterocycles. The third-order valence-corrected chi connectivity index (χ3v) is 3.24. The first kappa shape index (κ1) is 7.90. The fraction of sp³-hybridized carbons (Fsp3) is 1.00. The lowest BCUT2D eigenvalue weighted by Crippen LogP contribution is -2.40. The van der Waals surface area contributed by atoms with Crippen LogP contribution >= 0.6 is 12.8 Å². The van der Waals surface area contributed by atoms with Crippen molar-refractivity contribution in [1.29, 1.82) is 0 Å². The summed E-state index contributed by atoms with van der Waals surface area (Å²) in [6.07, 6.45) is 4.88. The van der Waals surface area contributed by atoms with Crippen molar-refractivity contribution in [2.45, 2.75) is 31.3 Å². The molecule has 0 bridgehead atoms. The van der Waals surface area contributed by atoms with E-state index in [-0.39, 0.29) is 5.60 Å². The maximum Gasteiger partial charge on any atom is 0.0708 e. The van der Waals surface area contributed by atoms with Crippen LogP contribution in [-0.2, 0) is 4.74 Å². The smallest absolute Gasteiger partial charge is 0.0708 e. The number of rotatable bonds is 0. The molecule has 11 heavy (non-hydrogen) atoms. The van der Waals surface area contributed by atoms with Crippen molar-refractivity contribution in [2.75, 3.05) is 19.7 Å². The van der Waals surface area contributed by atoms with Gasteiger partial charge >= 0.3 is 0 Å². The highest BCUT2D eigenvalue weighted by Crippen LogP contribution is 2.35. The summed E-state index contributed by atoms with van der Waals surface area (Å²) >= 11 is 4.32. The van der Waals surface area contributed by atoms with E-state index in [4.69, 9.17) is 4.74 Å². The molecule has 0 atom stereocenters. The zero-order valence-electron chi connectivity index (χ0n) is 6.75. The Hall–Kier alpha value is 0.270. The van der Waals surface area contributed by atoms with Gasteiger partial charge in [-0.1, -0.05) is 12.8 Å². The van der Waals surface area contributed by atoms with Crippen LogP contribution in [0.15, 0.2) is 0 Å². The largest absolute Gasteiger partial charge is 0.375 e. The predicted molar refractivity (Wildman–Crippen MR) is 47.7 cm³/mol. The van der Waals surface area contributed by atoms with E-state index in [9.17, 15) is 0 Å². The van der Waals surface area contributed by atoms with E-state index in [2.05, 4.69) is 17.1 Å². The van der Waals surface area contributed by atoms with Gasteiger partial charge in [0.05, 0.1) is 5.60 Å². The molecule has 0 amide bonds. The van der Waals surface area contributed by atoms with Crippen LogP contribution < -0.4 is 0 Å². The number of nitrogens with zero attached hydrogens (tertiary/aromatic N) is 1. The molecule has 0 aromatic carbocycles. The summed E-state index contributed by atoms with van der Waals surface area (Å²) in [5.41, 5.74) is 0.263. The molecule has 0 aromatic heterocycles. The minimum Gasteiger partial charge on any atom is -0.375 e. The van der Waals surface area contributed by atoms with Gasteiger partial charge in [-0.25, -0.2) is 0 Å². The van der Waals surface area contributed by atoms with Crippen molar-refractivity contribution in [1.82, 2.24) is 4.31 Å². The van der Waals surface area contributed by atoms with Crippen molar-refractivity contribution in [3.05, 3.63) is 0 Å². The summed E-state index contributed by atoms with van der Waals surface area (Å²) in [5, 5.41) is 0. The normalized spacial score (nSPS) is 31.4. The summed E-state index contributed by atoms with van der Waals surface area (Å²) in [6, 6.07) is 0. The third kappa shape index (κ3) is 1.55. The average Bonchev–Trinajstić information content (AvgIpc) is 2.45.